The van der Waals surface area contributed by atoms with Crippen LogP contribution in [0, 0.1) is 5.92 Å². The van der Waals surface area contributed by atoms with Crippen LogP contribution in [-0.4, -0.2) is 28.1 Å². The van der Waals surface area contributed by atoms with E-state index in [9.17, 15) is 9.00 Å². The summed E-state index contributed by atoms with van der Waals surface area (Å²) in [5.41, 5.74) is 0.888. The van der Waals surface area contributed by atoms with E-state index in [1.165, 1.54) is 0 Å². The fraction of sp³-hybridized carbons (Fsp3) is 0.417. The van der Waals surface area contributed by atoms with Gasteiger partial charge in [0, 0.05) is 22.3 Å². The second-order valence-corrected chi connectivity index (χ2v) is 6.32. The van der Waals surface area contributed by atoms with Gasteiger partial charge in [-0.15, -0.1) is 0 Å². The van der Waals surface area contributed by atoms with E-state index in [1.807, 2.05) is 12.1 Å². The zero-order valence-electron chi connectivity index (χ0n) is 10.2. The number of carboxylic acids is 1. The SMILES string of the molecule is COc1ccc(CS(=O)CC(C)C(=O)O)cc1Br. The van der Waals surface area contributed by atoms with Crippen molar-refractivity contribution in [1.29, 1.82) is 0 Å². The Kier molecular flexibility index (Phi) is 5.81. The first-order valence-corrected chi connectivity index (χ1v) is 7.62. The second-order valence-electron chi connectivity index (χ2n) is 3.96. The van der Waals surface area contributed by atoms with E-state index in [0.717, 1.165) is 10.0 Å². The van der Waals surface area contributed by atoms with Gasteiger partial charge in [-0.25, -0.2) is 0 Å². The number of benzene rings is 1. The number of carboxylic acid groups (broad SMARTS) is 1. The summed E-state index contributed by atoms with van der Waals surface area (Å²) in [5, 5.41) is 8.75. The van der Waals surface area contributed by atoms with Crippen molar-refractivity contribution in [2.24, 2.45) is 5.92 Å². The molecule has 0 fully saturated rings. The van der Waals surface area contributed by atoms with Crippen LogP contribution in [0.3, 0.4) is 0 Å². The summed E-state index contributed by atoms with van der Waals surface area (Å²) in [5.74, 6) is -0.283. The normalized spacial score (nSPS) is 13.9. The van der Waals surface area contributed by atoms with E-state index < -0.39 is 22.7 Å². The Labute approximate surface area is 117 Å². The minimum absolute atomic E-state index is 0.166. The predicted molar refractivity (Wildman–Crippen MR) is 74.2 cm³/mol. The molecule has 18 heavy (non-hydrogen) atoms. The molecule has 0 bridgehead atoms. The van der Waals surface area contributed by atoms with E-state index in [-0.39, 0.29) is 5.75 Å². The van der Waals surface area contributed by atoms with Crippen molar-refractivity contribution in [3.8, 4) is 5.75 Å². The number of halogens is 1. The molecule has 4 nitrogen and oxygen atoms in total. The summed E-state index contributed by atoms with van der Waals surface area (Å²) in [6, 6.07) is 5.45. The summed E-state index contributed by atoms with van der Waals surface area (Å²) < 4.78 is 17.7. The smallest absolute Gasteiger partial charge is 0.307 e. The summed E-state index contributed by atoms with van der Waals surface area (Å²) in [6.07, 6.45) is 0. The average molecular weight is 335 g/mol. The number of hydrogen-bond donors (Lipinski definition) is 1. The summed E-state index contributed by atoms with van der Waals surface area (Å²) in [6.45, 7) is 1.56. The van der Waals surface area contributed by atoms with Crippen LogP contribution in [0.5, 0.6) is 5.75 Å². The Bertz CT molecular complexity index is 461. The molecule has 1 aromatic carbocycles. The molecule has 0 aromatic heterocycles. The molecule has 0 aliphatic heterocycles. The summed E-state index contributed by atoms with van der Waals surface area (Å²) >= 11 is 3.35. The summed E-state index contributed by atoms with van der Waals surface area (Å²) in [4.78, 5) is 10.7. The van der Waals surface area contributed by atoms with Gasteiger partial charge >= 0.3 is 5.97 Å². The van der Waals surface area contributed by atoms with Crippen LogP contribution < -0.4 is 4.74 Å². The zero-order chi connectivity index (χ0) is 13.7. The molecule has 2 atom stereocenters. The van der Waals surface area contributed by atoms with Gasteiger partial charge in [-0.2, -0.15) is 0 Å². The third-order valence-corrected chi connectivity index (χ3v) is 4.55. The lowest BCUT2D eigenvalue weighted by molar-refractivity contribution is -0.140. The molecular weight excluding hydrogens is 320 g/mol. The Morgan fingerprint density at radius 2 is 2.22 bits per heavy atom. The van der Waals surface area contributed by atoms with Crippen LogP contribution in [0.15, 0.2) is 22.7 Å². The maximum absolute atomic E-state index is 11.8. The zero-order valence-corrected chi connectivity index (χ0v) is 12.6. The molecule has 0 spiro atoms. The molecule has 100 valence electrons. The number of methoxy groups -OCH3 is 1. The molecule has 2 unspecified atom stereocenters. The highest BCUT2D eigenvalue weighted by molar-refractivity contribution is 9.10. The van der Waals surface area contributed by atoms with Crippen molar-refractivity contribution < 1.29 is 18.8 Å². The van der Waals surface area contributed by atoms with Gasteiger partial charge in [0.05, 0.1) is 17.5 Å². The highest BCUT2D eigenvalue weighted by Gasteiger charge is 2.15. The Morgan fingerprint density at radius 3 is 2.72 bits per heavy atom. The van der Waals surface area contributed by atoms with Gasteiger partial charge in [-0.1, -0.05) is 13.0 Å². The average Bonchev–Trinajstić information content (AvgIpc) is 2.28. The van der Waals surface area contributed by atoms with Crippen LogP contribution in [0.25, 0.3) is 0 Å². The van der Waals surface area contributed by atoms with Crippen LogP contribution in [0.2, 0.25) is 0 Å². The molecular formula is C12H15BrO4S. The van der Waals surface area contributed by atoms with Crippen molar-refractivity contribution in [2.45, 2.75) is 12.7 Å². The van der Waals surface area contributed by atoms with E-state index in [0.29, 0.717) is 11.5 Å². The number of aliphatic carboxylic acids is 1. The molecule has 0 saturated heterocycles. The Balaban J connectivity index is 2.65. The first-order chi connectivity index (χ1) is 8.43. The lowest BCUT2D eigenvalue weighted by atomic mass is 10.2. The quantitative estimate of drug-likeness (QED) is 0.867. The molecule has 6 heteroatoms. The van der Waals surface area contributed by atoms with Gasteiger partial charge in [0.15, 0.2) is 0 Å². The molecule has 1 aromatic rings. The minimum atomic E-state index is -1.18. The molecule has 0 aliphatic carbocycles. The van der Waals surface area contributed by atoms with E-state index in [2.05, 4.69) is 15.9 Å². The fourth-order valence-corrected chi connectivity index (χ4v) is 3.35. The highest BCUT2D eigenvalue weighted by atomic mass is 79.9. The highest BCUT2D eigenvalue weighted by Crippen LogP contribution is 2.26. The fourth-order valence-electron chi connectivity index (χ4n) is 1.39. The van der Waals surface area contributed by atoms with Crippen LogP contribution >= 0.6 is 15.9 Å². The Hall–Kier alpha value is -0.880. The molecule has 1 rings (SSSR count). The van der Waals surface area contributed by atoms with Crippen molar-refractivity contribution >= 4 is 32.7 Å². The molecule has 0 amide bonds. The molecule has 0 heterocycles. The number of hydrogen-bond acceptors (Lipinski definition) is 3. The van der Waals surface area contributed by atoms with Gasteiger partial charge in [-0.3, -0.25) is 9.00 Å². The first kappa shape index (κ1) is 15.2. The third-order valence-electron chi connectivity index (χ3n) is 2.40. The number of rotatable bonds is 6. The van der Waals surface area contributed by atoms with Gasteiger partial charge in [0.2, 0.25) is 0 Å². The van der Waals surface area contributed by atoms with Gasteiger partial charge in [0.25, 0.3) is 0 Å². The first-order valence-electron chi connectivity index (χ1n) is 5.34. The molecule has 0 radical (unpaired) electrons. The second kappa shape index (κ2) is 6.89. The van der Waals surface area contributed by atoms with Gasteiger partial charge in [0.1, 0.15) is 5.75 Å². The van der Waals surface area contributed by atoms with Crippen LogP contribution in [-0.2, 0) is 21.3 Å². The van der Waals surface area contributed by atoms with Gasteiger partial charge in [-0.05, 0) is 33.6 Å². The van der Waals surface area contributed by atoms with E-state index in [4.69, 9.17) is 9.84 Å². The predicted octanol–water partition coefficient (Wildman–Crippen LogP) is 2.43. The monoisotopic (exact) mass is 334 g/mol. The lowest BCUT2D eigenvalue weighted by Crippen LogP contribution is -2.18. The van der Waals surface area contributed by atoms with Crippen molar-refractivity contribution in [3.63, 3.8) is 0 Å². The molecule has 0 saturated carbocycles. The molecule has 1 N–H and O–H groups in total. The minimum Gasteiger partial charge on any atom is -0.496 e. The van der Waals surface area contributed by atoms with Crippen LogP contribution in [0.1, 0.15) is 12.5 Å². The molecule has 0 aliphatic rings. The van der Waals surface area contributed by atoms with Crippen molar-refractivity contribution in [3.05, 3.63) is 28.2 Å². The van der Waals surface area contributed by atoms with Crippen molar-refractivity contribution in [2.75, 3.05) is 12.9 Å². The van der Waals surface area contributed by atoms with E-state index in [1.54, 1.807) is 20.1 Å². The van der Waals surface area contributed by atoms with Crippen LogP contribution in [0.4, 0.5) is 0 Å². The van der Waals surface area contributed by atoms with Gasteiger partial charge < -0.3 is 9.84 Å². The maximum Gasteiger partial charge on any atom is 0.307 e. The Morgan fingerprint density at radius 1 is 1.56 bits per heavy atom. The van der Waals surface area contributed by atoms with E-state index >= 15 is 0 Å². The third kappa shape index (κ3) is 4.42. The summed E-state index contributed by atoms with van der Waals surface area (Å²) in [7, 11) is 0.395. The topological polar surface area (TPSA) is 63.6 Å². The standard InChI is InChI=1S/C12H15BrO4S/c1-8(12(14)15)6-18(16)7-9-3-4-11(17-2)10(13)5-9/h3-5,8H,6-7H2,1-2H3,(H,14,15). The number of carbonyl (C=O) groups is 1. The van der Waals surface area contributed by atoms with Crippen molar-refractivity contribution in [1.82, 2.24) is 0 Å². The maximum atomic E-state index is 11.8. The number of ether oxygens (including phenoxy) is 1. The lowest BCUT2D eigenvalue weighted by Gasteiger charge is -2.08. The largest absolute Gasteiger partial charge is 0.496 e.